The van der Waals surface area contributed by atoms with Crippen LogP contribution < -0.4 is 0 Å². The maximum atomic E-state index is 8.84. The molecule has 3 rings (SSSR count). The van der Waals surface area contributed by atoms with Gasteiger partial charge in [-0.25, -0.2) is 4.68 Å². The second kappa shape index (κ2) is 4.58. The number of nitrogens with zero attached hydrogens (tertiary/aromatic N) is 3. The molecule has 0 unspecified atom stereocenters. The molecule has 3 aromatic rings. The molecule has 0 saturated carbocycles. The average Bonchev–Trinajstić information content (AvgIpc) is 2.91. The fourth-order valence-electron chi connectivity index (χ4n) is 2.31. The van der Waals surface area contributed by atoms with Crippen molar-refractivity contribution < 1.29 is 0 Å². The van der Waals surface area contributed by atoms with Crippen molar-refractivity contribution in [3.05, 3.63) is 59.8 Å². The fraction of sp³-hybridized carbons (Fsp3) is 0.125. The monoisotopic (exact) mass is 247 g/mol. The van der Waals surface area contributed by atoms with Gasteiger partial charge in [-0.15, -0.1) is 0 Å². The van der Waals surface area contributed by atoms with Crippen molar-refractivity contribution in [1.82, 2.24) is 9.78 Å². The number of hydrogen-bond donors (Lipinski definition) is 0. The van der Waals surface area contributed by atoms with Crippen LogP contribution in [0.5, 0.6) is 0 Å². The van der Waals surface area contributed by atoms with Crippen LogP contribution in [0.2, 0.25) is 0 Å². The van der Waals surface area contributed by atoms with E-state index >= 15 is 0 Å². The maximum Gasteiger partial charge on any atom is 0.0991 e. The van der Waals surface area contributed by atoms with Gasteiger partial charge in [0, 0.05) is 5.39 Å². The number of hydrogen-bond acceptors (Lipinski definition) is 2. The van der Waals surface area contributed by atoms with Gasteiger partial charge in [-0.1, -0.05) is 25.1 Å². The quantitative estimate of drug-likeness (QED) is 0.696. The van der Waals surface area contributed by atoms with E-state index in [0.29, 0.717) is 5.56 Å². The summed E-state index contributed by atoms with van der Waals surface area (Å²) in [5, 5.41) is 14.4. The summed E-state index contributed by atoms with van der Waals surface area (Å²) in [6, 6.07) is 15.9. The van der Waals surface area contributed by atoms with Crippen LogP contribution in [0, 0.1) is 11.3 Å². The van der Waals surface area contributed by atoms with Crippen molar-refractivity contribution in [3.63, 3.8) is 0 Å². The smallest absolute Gasteiger partial charge is 0.0991 e. The molecular formula is C16H13N3. The molecular weight excluding hydrogens is 234 g/mol. The molecule has 0 fully saturated rings. The molecule has 2 aromatic carbocycles. The number of aryl methyl sites for hydroxylation is 1. The minimum atomic E-state index is 0.663. The normalized spacial score (nSPS) is 10.5. The van der Waals surface area contributed by atoms with Gasteiger partial charge in [-0.2, -0.15) is 10.4 Å². The van der Waals surface area contributed by atoms with E-state index in [0.717, 1.165) is 23.0 Å². The highest BCUT2D eigenvalue weighted by molar-refractivity contribution is 5.83. The van der Waals surface area contributed by atoms with Crippen LogP contribution in [-0.2, 0) is 6.42 Å². The van der Waals surface area contributed by atoms with Crippen molar-refractivity contribution in [2.24, 2.45) is 0 Å². The molecule has 0 radical (unpaired) electrons. The molecule has 0 atom stereocenters. The zero-order valence-electron chi connectivity index (χ0n) is 10.7. The largest absolute Gasteiger partial charge is 0.233 e. The Morgan fingerprint density at radius 3 is 2.63 bits per heavy atom. The van der Waals surface area contributed by atoms with Crippen LogP contribution in [0.15, 0.2) is 48.7 Å². The van der Waals surface area contributed by atoms with Crippen LogP contribution in [0.1, 0.15) is 18.1 Å². The number of aromatic nitrogens is 2. The van der Waals surface area contributed by atoms with Gasteiger partial charge in [0.15, 0.2) is 0 Å². The molecule has 1 heterocycles. The third kappa shape index (κ3) is 1.88. The molecule has 0 N–H and O–H groups in total. The second-order valence-electron chi connectivity index (χ2n) is 4.42. The van der Waals surface area contributed by atoms with E-state index < -0.39 is 0 Å². The van der Waals surface area contributed by atoms with Gasteiger partial charge in [0.1, 0.15) is 0 Å². The summed E-state index contributed by atoms with van der Waals surface area (Å²) in [6.07, 6.45) is 2.85. The van der Waals surface area contributed by atoms with Crippen molar-refractivity contribution in [2.75, 3.05) is 0 Å². The predicted molar refractivity (Wildman–Crippen MR) is 75.2 cm³/mol. The Morgan fingerprint density at radius 1 is 1.16 bits per heavy atom. The standard InChI is InChI=1S/C16H13N3/c1-2-13-4-3-5-14-11-18-19(16(13)14)15-8-6-12(10-17)7-9-15/h3-9,11H,2H2,1H3. The maximum absolute atomic E-state index is 8.84. The van der Waals surface area contributed by atoms with Crippen molar-refractivity contribution in [3.8, 4) is 11.8 Å². The first kappa shape index (κ1) is 11.5. The molecule has 0 spiro atoms. The Balaban J connectivity index is 2.22. The third-order valence-corrected chi connectivity index (χ3v) is 3.30. The van der Waals surface area contributed by atoms with Gasteiger partial charge in [0.25, 0.3) is 0 Å². The molecule has 0 aliphatic carbocycles. The van der Waals surface area contributed by atoms with Crippen molar-refractivity contribution in [2.45, 2.75) is 13.3 Å². The first-order valence-corrected chi connectivity index (χ1v) is 6.29. The second-order valence-corrected chi connectivity index (χ2v) is 4.42. The summed E-state index contributed by atoms with van der Waals surface area (Å²) in [7, 11) is 0. The van der Waals surface area contributed by atoms with Crippen molar-refractivity contribution >= 4 is 10.9 Å². The molecule has 0 amide bonds. The van der Waals surface area contributed by atoms with Crippen LogP contribution in [-0.4, -0.2) is 9.78 Å². The van der Waals surface area contributed by atoms with Crippen LogP contribution in [0.25, 0.3) is 16.6 Å². The first-order valence-electron chi connectivity index (χ1n) is 6.29. The van der Waals surface area contributed by atoms with Gasteiger partial charge in [0.05, 0.1) is 29.0 Å². The van der Waals surface area contributed by atoms with Crippen LogP contribution in [0.4, 0.5) is 0 Å². The highest BCUT2D eigenvalue weighted by atomic mass is 15.3. The lowest BCUT2D eigenvalue weighted by Crippen LogP contribution is -1.98. The lowest BCUT2D eigenvalue weighted by atomic mass is 10.1. The zero-order chi connectivity index (χ0) is 13.2. The van der Waals surface area contributed by atoms with E-state index in [-0.39, 0.29) is 0 Å². The molecule has 0 aliphatic heterocycles. The average molecular weight is 247 g/mol. The van der Waals surface area contributed by atoms with Crippen molar-refractivity contribution in [1.29, 1.82) is 5.26 Å². The minimum Gasteiger partial charge on any atom is -0.233 e. The molecule has 3 heteroatoms. The number of nitriles is 1. The summed E-state index contributed by atoms with van der Waals surface area (Å²) < 4.78 is 1.94. The van der Waals surface area contributed by atoms with E-state index in [9.17, 15) is 0 Å². The topological polar surface area (TPSA) is 41.6 Å². The molecule has 0 bridgehead atoms. The number of fused-ring (bicyclic) bond motifs is 1. The van der Waals surface area contributed by atoms with E-state index in [1.54, 1.807) is 0 Å². The van der Waals surface area contributed by atoms with Gasteiger partial charge < -0.3 is 0 Å². The van der Waals surface area contributed by atoms with E-state index in [1.807, 2.05) is 35.1 Å². The highest BCUT2D eigenvalue weighted by Gasteiger charge is 2.08. The summed E-state index contributed by atoms with van der Waals surface area (Å²) in [4.78, 5) is 0. The van der Waals surface area contributed by atoms with Crippen LogP contribution in [0.3, 0.4) is 0 Å². The highest BCUT2D eigenvalue weighted by Crippen LogP contribution is 2.22. The number of para-hydroxylation sites is 1. The molecule has 92 valence electrons. The van der Waals surface area contributed by atoms with Gasteiger partial charge >= 0.3 is 0 Å². The van der Waals surface area contributed by atoms with Crippen LogP contribution >= 0.6 is 0 Å². The van der Waals surface area contributed by atoms with Gasteiger partial charge in [0.2, 0.25) is 0 Å². The van der Waals surface area contributed by atoms with E-state index in [2.05, 4.69) is 36.3 Å². The molecule has 3 nitrogen and oxygen atoms in total. The molecule has 19 heavy (non-hydrogen) atoms. The lowest BCUT2D eigenvalue weighted by Gasteiger charge is -2.07. The number of rotatable bonds is 2. The number of benzene rings is 2. The summed E-state index contributed by atoms with van der Waals surface area (Å²) in [5.74, 6) is 0. The van der Waals surface area contributed by atoms with E-state index in [4.69, 9.17) is 5.26 Å². The summed E-state index contributed by atoms with van der Waals surface area (Å²) in [5.41, 5.74) is 4.07. The molecule has 0 aliphatic rings. The van der Waals surface area contributed by atoms with E-state index in [1.165, 1.54) is 5.56 Å². The van der Waals surface area contributed by atoms with Gasteiger partial charge in [-0.3, -0.25) is 0 Å². The molecule has 1 aromatic heterocycles. The Hall–Kier alpha value is -2.60. The Labute approximate surface area is 111 Å². The first-order chi connectivity index (χ1) is 9.33. The minimum absolute atomic E-state index is 0.663. The van der Waals surface area contributed by atoms with Gasteiger partial charge in [-0.05, 0) is 36.2 Å². The fourth-order valence-corrected chi connectivity index (χ4v) is 2.31. The zero-order valence-corrected chi connectivity index (χ0v) is 10.7. The Bertz CT molecular complexity index is 761. The summed E-state index contributed by atoms with van der Waals surface area (Å²) >= 11 is 0. The predicted octanol–water partition coefficient (Wildman–Crippen LogP) is 3.46. The Kier molecular flexibility index (Phi) is 2.77. The summed E-state index contributed by atoms with van der Waals surface area (Å²) in [6.45, 7) is 2.14. The lowest BCUT2D eigenvalue weighted by molar-refractivity contribution is 0.902. The third-order valence-electron chi connectivity index (χ3n) is 3.30. The SMILES string of the molecule is CCc1cccc2cnn(-c3ccc(C#N)cc3)c12. The Morgan fingerprint density at radius 2 is 1.95 bits per heavy atom. The molecule has 0 saturated heterocycles.